The number of likely N-dealkylation sites (tertiary alicyclic amines) is 2. The van der Waals surface area contributed by atoms with Crippen molar-refractivity contribution in [3.8, 4) is 0 Å². The Hall–Kier alpha value is -2.92. The van der Waals surface area contributed by atoms with E-state index in [-0.39, 0.29) is 23.8 Å². The van der Waals surface area contributed by atoms with E-state index in [1.54, 1.807) is 6.08 Å². The van der Waals surface area contributed by atoms with Crippen LogP contribution in [-0.2, 0) is 16.1 Å². The lowest BCUT2D eigenvalue weighted by Crippen LogP contribution is -2.45. The molecule has 1 N–H and O–H groups in total. The van der Waals surface area contributed by atoms with Crippen LogP contribution in [0.2, 0.25) is 0 Å². The molecular weight excluding hydrogens is 386 g/mol. The third kappa shape index (κ3) is 6.05. The summed E-state index contributed by atoms with van der Waals surface area (Å²) in [6, 6.07) is 20.5. The van der Waals surface area contributed by atoms with Gasteiger partial charge in [0.05, 0.1) is 0 Å². The number of benzene rings is 2. The first-order valence-corrected chi connectivity index (χ1v) is 11.3. The summed E-state index contributed by atoms with van der Waals surface area (Å²) >= 11 is 0. The zero-order chi connectivity index (χ0) is 21.5. The van der Waals surface area contributed by atoms with E-state index in [0.717, 1.165) is 44.5 Å². The van der Waals surface area contributed by atoms with Crippen LogP contribution in [0, 0.1) is 5.92 Å². The van der Waals surface area contributed by atoms with Crippen molar-refractivity contribution in [3.63, 3.8) is 0 Å². The number of nitrogens with zero attached hydrogens (tertiary/aromatic N) is 2. The van der Waals surface area contributed by atoms with Gasteiger partial charge in [-0.15, -0.1) is 0 Å². The summed E-state index contributed by atoms with van der Waals surface area (Å²) in [5, 5.41) is 3.26. The van der Waals surface area contributed by atoms with Crippen LogP contribution in [0.1, 0.15) is 30.4 Å². The molecule has 162 valence electrons. The number of rotatable bonds is 6. The highest BCUT2D eigenvalue weighted by Crippen LogP contribution is 2.20. The van der Waals surface area contributed by atoms with E-state index < -0.39 is 0 Å². The molecule has 5 nitrogen and oxygen atoms in total. The number of piperidine rings is 1. The standard InChI is InChI=1S/C26H31N3O2/c30-25(12-11-21-7-3-1-4-8-21)29-17-13-23(14-18-29)26(31)27-24-15-16-28(20-24)19-22-9-5-2-6-10-22/h1-12,23-24H,13-20H2,(H,27,31)/b12-11+. The highest BCUT2D eigenvalue weighted by molar-refractivity contribution is 5.92. The van der Waals surface area contributed by atoms with Crippen molar-refractivity contribution in [1.82, 2.24) is 15.1 Å². The topological polar surface area (TPSA) is 52.7 Å². The molecule has 4 rings (SSSR count). The van der Waals surface area contributed by atoms with E-state index in [1.807, 2.05) is 47.4 Å². The van der Waals surface area contributed by atoms with Crippen molar-refractivity contribution < 1.29 is 9.59 Å². The van der Waals surface area contributed by atoms with Crippen molar-refractivity contribution in [1.29, 1.82) is 0 Å². The van der Waals surface area contributed by atoms with Crippen LogP contribution in [0.25, 0.3) is 6.08 Å². The molecule has 2 amide bonds. The van der Waals surface area contributed by atoms with Crippen LogP contribution in [-0.4, -0.2) is 53.8 Å². The summed E-state index contributed by atoms with van der Waals surface area (Å²) < 4.78 is 0. The summed E-state index contributed by atoms with van der Waals surface area (Å²) in [5.74, 6) is 0.180. The van der Waals surface area contributed by atoms with Crippen molar-refractivity contribution in [2.75, 3.05) is 26.2 Å². The number of hydrogen-bond acceptors (Lipinski definition) is 3. The Morgan fingerprint density at radius 3 is 2.29 bits per heavy atom. The molecule has 2 fully saturated rings. The normalized spacial score (nSPS) is 20.3. The van der Waals surface area contributed by atoms with Crippen LogP contribution >= 0.6 is 0 Å². The maximum atomic E-state index is 12.8. The van der Waals surface area contributed by atoms with Gasteiger partial charge in [0, 0.05) is 50.8 Å². The van der Waals surface area contributed by atoms with Gasteiger partial charge in [-0.2, -0.15) is 0 Å². The summed E-state index contributed by atoms with van der Waals surface area (Å²) in [6.45, 7) is 4.13. The lowest BCUT2D eigenvalue weighted by atomic mass is 9.95. The highest BCUT2D eigenvalue weighted by atomic mass is 16.2. The van der Waals surface area contributed by atoms with Crippen LogP contribution in [0.5, 0.6) is 0 Å². The number of carbonyl (C=O) groups excluding carboxylic acids is 2. The first kappa shape index (κ1) is 21.3. The summed E-state index contributed by atoms with van der Waals surface area (Å²) in [4.78, 5) is 29.5. The fourth-order valence-electron chi connectivity index (χ4n) is 4.45. The lowest BCUT2D eigenvalue weighted by molar-refractivity contribution is -0.132. The van der Waals surface area contributed by atoms with Crippen LogP contribution in [0.15, 0.2) is 66.7 Å². The third-order valence-electron chi connectivity index (χ3n) is 6.26. The molecule has 2 aliphatic heterocycles. The Morgan fingerprint density at radius 1 is 0.903 bits per heavy atom. The maximum Gasteiger partial charge on any atom is 0.246 e. The third-order valence-corrected chi connectivity index (χ3v) is 6.26. The molecule has 5 heteroatoms. The average Bonchev–Trinajstić information content (AvgIpc) is 3.25. The summed E-state index contributed by atoms with van der Waals surface area (Å²) in [6.07, 6.45) is 5.95. The summed E-state index contributed by atoms with van der Waals surface area (Å²) in [5.41, 5.74) is 2.33. The minimum absolute atomic E-state index is 0.00493. The molecule has 2 saturated heterocycles. The number of hydrogen-bond donors (Lipinski definition) is 1. The average molecular weight is 418 g/mol. The molecule has 31 heavy (non-hydrogen) atoms. The quantitative estimate of drug-likeness (QED) is 0.734. The maximum absolute atomic E-state index is 12.8. The van der Waals surface area contributed by atoms with E-state index in [0.29, 0.717) is 13.1 Å². The van der Waals surface area contributed by atoms with Gasteiger partial charge in [0.1, 0.15) is 0 Å². The van der Waals surface area contributed by atoms with Crippen molar-refractivity contribution >= 4 is 17.9 Å². The lowest BCUT2D eigenvalue weighted by Gasteiger charge is -2.31. The minimum Gasteiger partial charge on any atom is -0.352 e. The summed E-state index contributed by atoms with van der Waals surface area (Å²) in [7, 11) is 0. The Balaban J connectivity index is 1.19. The SMILES string of the molecule is O=C(NC1CCN(Cc2ccccc2)C1)C1CCN(C(=O)/C=C/c2ccccc2)CC1. The molecule has 0 bridgehead atoms. The molecule has 1 unspecified atom stereocenters. The van der Waals surface area contributed by atoms with Gasteiger partial charge in [-0.25, -0.2) is 0 Å². The second-order valence-electron chi connectivity index (χ2n) is 8.56. The van der Waals surface area contributed by atoms with Crippen molar-refractivity contribution in [2.45, 2.75) is 31.8 Å². The van der Waals surface area contributed by atoms with Gasteiger partial charge in [-0.1, -0.05) is 60.7 Å². The Bertz CT molecular complexity index is 889. The van der Waals surface area contributed by atoms with Crippen LogP contribution in [0.4, 0.5) is 0 Å². The van der Waals surface area contributed by atoms with Crippen molar-refractivity contribution in [3.05, 3.63) is 77.9 Å². The van der Waals surface area contributed by atoms with Gasteiger partial charge in [0.2, 0.25) is 11.8 Å². The Labute approximate surface area is 184 Å². The van der Waals surface area contributed by atoms with Gasteiger partial charge >= 0.3 is 0 Å². The molecule has 2 heterocycles. The van der Waals surface area contributed by atoms with E-state index in [2.05, 4.69) is 34.5 Å². The fraction of sp³-hybridized carbons (Fsp3) is 0.385. The van der Waals surface area contributed by atoms with E-state index >= 15 is 0 Å². The minimum atomic E-state index is 0.00493. The molecule has 0 aromatic heterocycles. The van der Waals surface area contributed by atoms with E-state index in [1.165, 1.54) is 5.56 Å². The molecular formula is C26H31N3O2. The Kier molecular flexibility index (Phi) is 7.15. The van der Waals surface area contributed by atoms with Crippen LogP contribution < -0.4 is 5.32 Å². The van der Waals surface area contributed by atoms with Gasteiger partial charge < -0.3 is 10.2 Å². The van der Waals surface area contributed by atoms with E-state index in [4.69, 9.17) is 0 Å². The Morgan fingerprint density at radius 2 is 1.58 bits per heavy atom. The first-order chi connectivity index (χ1) is 15.2. The second-order valence-corrected chi connectivity index (χ2v) is 8.56. The molecule has 0 saturated carbocycles. The second kappa shape index (κ2) is 10.4. The monoisotopic (exact) mass is 417 g/mol. The van der Waals surface area contributed by atoms with Gasteiger partial charge in [0.25, 0.3) is 0 Å². The zero-order valence-corrected chi connectivity index (χ0v) is 18.0. The molecule has 2 aromatic rings. The van der Waals surface area contributed by atoms with Crippen LogP contribution in [0.3, 0.4) is 0 Å². The molecule has 1 atom stereocenters. The number of amides is 2. The first-order valence-electron chi connectivity index (χ1n) is 11.3. The molecule has 0 spiro atoms. The fourth-order valence-corrected chi connectivity index (χ4v) is 4.45. The smallest absolute Gasteiger partial charge is 0.246 e. The zero-order valence-electron chi connectivity index (χ0n) is 18.0. The molecule has 0 aliphatic carbocycles. The van der Waals surface area contributed by atoms with Crippen molar-refractivity contribution in [2.24, 2.45) is 5.92 Å². The van der Waals surface area contributed by atoms with Gasteiger partial charge in [-0.05, 0) is 36.5 Å². The van der Waals surface area contributed by atoms with Gasteiger partial charge in [0.15, 0.2) is 0 Å². The largest absolute Gasteiger partial charge is 0.352 e. The molecule has 2 aromatic carbocycles. The van der Waals surface area contributed by atoms with E-state index in [9.17, 15) is 9.59 Å². The molecule has 0 radical (unpaired) electrons. The predicted molar refractivity (Wildman–Crippen MR) is 123 cm³/mol. The number of carbonyl (C=O) groups is 2. The molecule has 2 aliphatic rings. The van der Waals surface area contributed by atoms with Gasteiger partial charge in [-0.3, -0.25) is 14.5 Å². The number of nitrogens with one attached hydrogen (secondary N) is 1. The highest BCUT2D eigenvalue weighted by Gasteiger charge is 2.30. The predicted octanol–water partition coefficient (Wildman–Crippen LogP) is 3.33.